The van der Waals surface area contributed by atoms with Gasteiger partial charge in [-0.3, -0.25) is 4.79 Å². The first-order valence-electron chi connectivity index (χ1n) is 9.42. The lowest BCUT2D eigenvalue weighted by atomic mass is 9.94. The third-order valence-electron chi connectivity index (χ3n) is 4.88. The average Bonchev–Trinajstić information content (AvgIpc) is 2.71. The molecular weight excluding hydrogens is 399 g/mol. The van der Waals surface area contributed by atoms with Gasteiger partial charge < -0.3 is 10.2 Å². The van der Waals surface area contributed by atoms with Gasteiger partial charge in [-0.05, 0) is 30.5 Å². The van der Waals surface area contributed by atoms with Gasteiger partial charge in [0, 0.05) is 25.7 Å². The van der Waals surface area contributed by atoms with E-state index in [-0.39, 0.29) is 17.5 Å². The van der Waals surface area contributed by atoms with Gasteiger partial charge in [-0.15, -0.1) is 0 Å². The smallest absolute Gasteiger partial charge is 0.230 e. The minimum atomic E-state index is -0.294. The standard InChI is InChI=1S/C20H24ClFN4OS/c1-26(16-5-3-2-4-6-16)18-11-17(21)24-20(25-18)28-13-19(27)23-12-14-7-9-15(22)10-8-14/h7-11,16H,2-6,12-13H2,1H3,(H,23,27). The molecule has 1 aromatic carbocycles. The second-order valence-corrected chi connectivity index (χ2v) is 8.26. The molecule has 1 saturated carbocycles. The number of anilines is 1. The molecule has 8 heteroatoms. The summed E-state index contributed by atoms with van der Waals surface area (Å²) >= 11 is 7.43. The number of hydrogen-bond acceptors (Lipinski definition) is 5. The van der Waals surface area contributed by atoms with Crippen LogP contribution in [-0.2, 0) is 11.3 Å². The Hall–Kier alpha value is -1.86. The number of hydrogen-bond donors (Lipinski definition) is 1. The first-order chi connectivity index (χ1) is 13.5. The number of aromatic nitrogens is 2. The van der Waals surface area contributed by atoms with Crippen molar-refractivity contribution in [2.24, 2.45) is 0 Å². The van der Waals surface area contributed by atoms with Gasteiger partial charge in [0.15, 0.2) is 5.16 Å². The molecule has 0 spiro atoms. The molecule has 0 bridgehead atoms. The molecule has 1 fully saturated rings. The van der Waals surface area contributed by atoms with Crippen LogP contribution in [0, 0.1) is 5.82 Å². The number of nitrogens with zero attached hydrogens (tertiary/aromatic N) is 3. The summed E-state index contributed by atoms with van der Waals surface area (Å²) in [4.78, 5) is 23.1. The van der Waals surface area contributed by atoms with Crippen molar-refractivity contribution < 1.29 is 9.18 Å². The number of halogens is 2. The van der Waals surface area contributed by atoms with Crippen LogP contribution < -0.4 is 10.2 Å². The molecule has 1 aromatic heterocycles. The predicted octanol–water partition coefficient (Wildman–Crippen LogP) is 4.45. The van der Waals surface area contributed by atoms with Crippen molar-refractivity contribution in [3.8, 4) is 0 Å². The van der Waals surface area contributed by atoms with Gasteiger partial charge in [-0.2, -0.15) is 0 Å². The maximum atomic E-state index is 12.9. The zero-order valence-electron chi connectivity index (χ0n) is 15.8. The van der Waals surface area contributed by atoms with E-state index in [4.69, 9.17) is 11.6 Å². The van der Waals surface area contributed by atoms with E-state index in [1.807, 2.05) is 7.05 Å². The van der Waals surface area contributed by atoms with Gasteiger partial charge in [-0.1, -0.05) is 54.8 Å². The molecule has 0 atom stereocenters. The molecular formula is C20H24ClFN4OS. The third kappa shape index (κ3) is 6.07. The fourth-order valence-electron chi connectivity index (χ4n) is 3.27. The van der Waals surface area contributed by atoms with Crippen molar-refractivity contribution in [1.29, 1.82) is 0 Å². The van der Waals surface area contributed by atoms with Crippen LogP contribution in [0.1, 0.15) is 37.7 Å². The lowest BCUT2D eigenvalue weighted by Crippen LogP contribution is -2.34. The number of nitrogens with one attached hydrogen (secondary N) is 1. The van der Waals surface area contributed by atoms with E-state index in [2.05, 4.69) is 20.2 Å². The Morgan fingerprint density at radius 3 is 2.68 bits per heavy atom. The summed E-state index contributed by atoms with van der Waals surface area (Å²) in [5.41, 5.74) is 0.843. The molecule has 0 unspecified atom stereocenters. The molecule has 5 nitrogen and oxygen atoms in total. The van der Waals surface area contributed by atoms with E-state index >= 15 is 0 Å². The third-order valence-corrected chi connectivity index (χ3v) is 5.92. The molecule has 1 aliphatic rings. The number of benzene rings is 1. The molecule has 0 saturated heterocycles. The predicted molar refractivity (Wildman–Crippen MR) is 111 cm³/mol. The molecule has 1 N–H and O–H groups in total. The van der Waals surface area contributed by atoms with Crippen molar-refractivity contribution >= 4 is 35.1 Å². The van der Waals surface area contributed by atoms with Crippen LogP contribution in [0.3, 0.4) is 0 Å². The molecule has 1 amide bonds. The highest BCUT2D eigenvalue weighted by atomic mass is 35.5. The van der Waals surface area contributed by atoms with Gasteiger partial charge >= 0.3 is 0 Å². The van der Waals surface area contributed by atoms with E-state index < -0.39 is 0 Å². The summed E-state index contributed by atoms with van der Waals surface area (Å²) in [5.74, 6) is 0.549. The topological polar surface area (TPSA) is 58.1 Å². The van der Waals surface area contributed by atoms with E-state index in [0.717, 1.165) is 24.2 Å². The summed E-state index contributed by atoms with van der Waals surface area (Å²) < 4.78 is 12.9. The molecule has 3 rings (SSSR count). The second-order valence-electron chi connectivity index (χ2n) is 6.93. The van der Waals surface area contributed by atoms with Gasteiger partial charge in [0.1, 0.15) is 16.8 Å². The monoisotopic (exact) mass is 422 g/mol. The zero-order valence-corrected chi connectivity index (χ0v) is 17.4. The fourth-order valence-corrected chi connectivity index (χ4v) is 4.18. The SMILES string of the molecule is CN(c1cc(Cl)nc(SCC(=O)NCc2ccc(F)cc2)n1)C1CCCCC1. The lowest BCUT2D eigenvalue weighted by molar-refractivity contribution is -0.118. The summed E-state index contributed by atoms with van der Waals surface area (Å²) in [6.45, 7) is 0.353. The lowest BCUT2D eigenvalue weighted by Gasteiger charge is -2.32. The van der Waals surface area contributed by atoms with E-state index in [1.54, 1.807) is 18.2 Å². The summed E-state index contributed by atoms with van der Waals surface area (Å²) in [5, 5.41) is 3.68. The Morgan fingerprint density at radius 1 is 1.25 bits per heavy atom. The molecule has 2 aromatic rings. The quantitative estimate of drug-likeness (QED) is 0.406. The number of rotatable bonds is 7. The Kier molecular flexibility index (Phi) is 7.50. The highest BCUT2D eigenvalue weighted by molar-refractivity contribution is 7.99. The maximum absolute atomic E-state index is 12.9. The van der Waals surface area contributed by atoms with E-state index in [1.165, 1.54) is 43.2 Å². The van der Waals surface area contributed by atoms with Crippen molar-refractivity contribution in [3.63, 3.8) is 0 Å². The van der Waals surface area contributed by atoms with E-state index in [0.29, 0.717) is 22.9 Å². The number of amides is 1. The number of carbonyl (C=O) groups excluding carboxylic acids is 1. The highest BCUT2D eigenvalue weighted by Gasteiger charge is 2.20. The van der Waals surface area contributed by atoms with Crippen molar-refractivity contribution in [2.75, 3.05) is 17.7 Å². The average molecular weight is 423 g/mol. The van der Waals surface area contributed by atoms with Crippen molar-refractivity contribution in [3.05, 3.63) is 46.9 Å². The van der Waals surface area contributed by atoms with Crippen LogP contribution in [0.5, 0.6) is 0 Å². The summed E-state index contributed by atoms with van der Waals surface area (Å²) in [6, 6.07) is 8.29. The normalized spacial score (nSPS) is 14.7. The van der Waals surface area contributed by atoms with Gasteiger partial charge in [0.25, 0.3) is 0 Å². The van der Waals surface area contributed by atoms with Crippen LogP contribution in [0.25, 0.3) is 0 Å². The molecule has 28 heavy (non-hydrogen) atoms. The van der Waals surface area contributed by atoms with E-state index in [9.17, 15) is 9.18 Å². The van der Waals surface area contributed by atoms with Gasteiger partial charge in [-0.25, -0.2) is 14.4 Å². The molecule has 1 heterocycles. The summed E-state index contributed by atoms with van der Waals surface area (Å²) in [7, 11) is 2.04. The Bertz CT molecular complexity index is 799. The number of thioether (sulfide) groups is 1. The Morgan fingerprint density at radius 2 is 1.96 bits per heavy atom. The van der Waals surface area contributed by atoms with Gasteiger partial charge in [0.2, 0.25) is 5.91 Å². The van der Waals surface area contributed by atoms with Crippen molar-refractivity contribution in [2.45, 2.75) is 49.8 Å². The zero-order chi connectivity index (χ0) is 19.9. The number of carbonyl (C=O) groups is 1. The fraction of sp³-hybridized carbons (Fsp3) is 0.450. The van der Waals surface area contributed by atoms with Gasteiger partial charge in [0.05, 0.1) is 5.75 Å². The summed E-state index contributed by atoms with van der Waals surface area (Å²) in [6.07, 6.45) is 6.09. The molecule has 150 valence electrons. The molecule has 0 radical (unpaired) electrons. The van der Waals surface area contributed by atoms with Crippen molar-refractivity contribution in [1.82, 2.24) is 15.3 Å². The first-order valence-corrected chi connectivity index (χ1v) is 10.8. The minimum absolute atomic E-state index is 0.139. The largest absolute Gasteiger partial charge is 0.357 e. The second kappa shape index (κ2) is 10.1. The highest BCUT2D eigenvalue weighted by Crippen LogP contribution is 2.27. The molecule has 1 aliphatic carbocycles. The van der Waals surface area contributed by atoms with Crippen LogP contribution in [-0.4, -0.2) is 34.7 Å². The molecule has 0 aliphatic heterocycles. The Balaban J connectivity index is 1.54. The van der Waals surface area contributed by atoms with Crippen LogP contribution in [0.4, 0.5) is 10.2 Å². The first kappa shape index (κ1) is 20.9. The minimum Gasteiger partial charge on any atom is -0.357 e. The maximum Gasteiger partial charge on any atom is 0.230 e. The van der Waals surface area contributed by atoms with Crippen LogP contribution >= 0.6 is 23.4 Å². The van der Waals surface area contributed by atoms with Crippen LogP contribution in [0.15, 0.2) is 35.5 Å². The van der Waals surface area contributed by atoms with Crippen LogP contribution in [0.2, 0.25) is 5.15 Å². The Labute approximate surface area is 174 Å².